The quantitative estimate of drug-likeness (QED) is 0.725. The minimum Gasteiger partial charge on any atom is -0.493 e. The zero-order valence-corrected chi connectivity index (χ0v) is 10.9. The van der Waals surface area contributed by atoms with Crippen LogP contribution in [0.15, 0.2) is 39.6 Å². The number of aromatic nitrogens is 3. The number of nitrogens with zero attached hydrogens (tertiary/aromatic N) is 2. The Bertz CT molecular complexity index is 887. The Morgan fingerprint density at radius 2 is 2.05 bits per heavy atom. The van der Waals surface area contributed by atoms with Gasteiger partial charge in [0.2, 0.25) is 10.2 Å². The zero-order valence-electron chi connectivity index (χ0n) is 9.27. The van der Waals surface area contributed by atoms with Gasteiger partial charge in [0, 0.05) is 0 Å². The summed E-state index contributed by atoms with van der Waals surface area (Å²) in [6.45, 7) is 0. The highest BCUT2D eigenvalue weighted by Gasteiger charge is 2.24. The molecule has 0 saturated heterocycles. The van der Waals surface area contributed by atoms with E-state index in [9.17, 15) is 13.2 Å². The molecule has 0 spiro atoms. The molecule has 2 aromatic heterocycles. The Kier molecular flexibility index (Phi) is 2.47. The van der Waals surface area contributed by atoms with E-state index >= 15 is 0 Å². The topological polar surface area (TPSA) is 105 Å². The monoisotopic (exact) mass is 297 g/mol. The van der Waals surface area contributed by atoms with Gasteiger partial charge in [-0.1, -0.05) is 12.1 Å². The summed E-state index contributed by atoms with van der Waals surface area (Å²) in [5.74, 6) is -0.519. The fraction of sp³-hybridized carbons (Fsp3) is 0. The van der Waals surface area contributed by atoms with Crippen LogP contribution in [-0.4, -0.2) is 27.5 Å². The Hall–Kier alpha value is -2.13. The van der Waals surface area contributed by atoms with Crippen LogP contribution < -0.4 is 5.69 Å². The molecule has 0 aliphatic carbocycles. The summed E-state index contributed by atoms with van der Waals surface area (Å²) in [7, 11) is -4.09. The third-order valence-electron chi connectivity index (χ3n) is 2.43. The Labute approximate surface area is 110 Å². The second-order valence-electron chi connectivity index (χ2n) is 3.69. The number of aromatic amines is 1. The number of imidazole rings is 1. The summed E-state index contributed by atoms with van der Waals surface area (Å²) in [5.41, 5.74) is -0.393. The lowest BCUT2D eigenvalue weighted by Crippen LogP contribution is -2.24. The van der Waals surface area contributed by atoms with E-state index in [4.69, 9.17) is 5.11 Å². The normalized spacial score (nSPS) is 12.0. The Morgan fingerprint density at radius 1 is 1.32 bits per heavy atom. The van der Waals surface area contributed by atoms with Gasteiger partial charge in [0.25, 0.3) is 10.0 Å². The molecule has 98 valence electrons. The SMILES string of the molecule is O=c1[nH]c(O)cn1S(=O)(=O)c1nc2ccccc2s1. The van der Waals surface area contributed by atoms with Gasteiger partial charge in [-0.3, -0.25) is 4.98 Å². The number of para-hydroxylation sites is 1. The molecule has 3 aromatic rings. The number of fused-ring (bicyclic) bond motifs is 1. The van der Waals surface area contributed by atoms with E-state index in [0.717, 1.165) is 17.5 Å². The molecular formula is C10H7N3O4S2. The van der Waals surface area contributed by atoms with E-state index in [2.05, 4.69) is 4.98 Å². The molecule has 7 nitrogen and oxygen atoms in total. The van der Waals surface area contributed by atoms with Gasteiger partial charge in [-0.25, -0.2) is 9.78 Å². The first-order valence-corrected chi connectivity index (χ1v) is 7.36. The smallest absolute Gasteiger partial charge is 0.342 e. The molecule has 0 radical (unpaired) electrons. The maximum Gasteiger partial charge on any atom is 0.342 e. The van der Waals surface area contributed by atoms with Crippen LogP contribution in [0, 0.1) is 0 Å². The van der Waals surface area contributed by atoms with Gasteiger partial charge in [-0.15, -0.1) is 11.3 Å². The van der Waals surface area contributed by atoms with Gasteiger partial charge in [-0.2, -0.15) is 12.4 Å². The van der Waals surface area contributed by atoms with Crippen molar-refractivity contribution in [2.45, 2.75) is 4.34 Å². The second-order valence-corrected chi connectivity index (χ2v) is 6.71. The summed E-state index contributed by atoms with van der Waals surface area (Å²) >= 11 is 0.963. The fourth-order valence-corrected chi connectivity index (χ4v) is 4.10. The number of thiazole rings is 1. The van der Waals surface area contributed by atoms with Gasteiger partial charge < -0.3 is 5.11 Å². The molecule has 3 rings (SSSR count). The van der Waals surface area contributed by atoms with Crippen LogP contribution in [0.2, 0.25) is 0 Å². The largest absolute Gasteiger partial charge is 0.493 e. The van der Waals surface area contributed by atoms with Crippen molar-refractivity contribution >= 4 is 31.6 Å². The standard InChI is InChI=1S/C10H7N3O4S2/c14-8-5-13(9(15)12-8)19(16,17)10-11-6-3-1-2-4-7(6)18-10/h1-5,14H,(H,12,15). The highest BCUT2D eigenvalue weighted by atomic mass is 32.2. The second kappa shape index (κ2) is 3.93. The van der Waals surface area contributed by atoms with Crippen molar-refractivity contribution in [3.8, 4) is 5.88 Å². The molecule has 1 aromatic carbocycles. The maximum atomic E-state index is 12.2. The lowest BCUT2D eigenvalue weighted by molar-refractivity contribution is 0.455. The van der Waals surface area contributed by atoms with Crippen molar-refractivity contribution in [2.24, 2.45) is 0 Å². The molecular weight excluding hydrogens is 290 g/mol. The summed E-state index contributed by atoms with van der Waals surface area (Å²) in [4.78, 5) is 17.4. The van der Waals surface area contributed by atoms with Crippen LogP contribution in [0.3, 0.4) is 0 Å². The number of hydrogen-bond acceptors (Lipinski definition) is 6. The van der Waals surface area contributed by atoms with Crippen molar-refractivity contribution in [3.63, 3.8) is 0 Å². The highest BCUT2D eigenvalue weighted by molar-refractivity contribution is 7.92. The highest BCUT2D eigenvalue weighted by Crippen LogP contribution is 2.26. The Balaban J connectivity index is 2.25. The van der Waals surface area contributed by atoms with Gasteiger partial charge in [0.05, 0.1) is 16.4 Å². The van der Waals surface area contributed by atoms with Crippen LogP contribution in [0.1, 0.15) is 0 Å². The zero-order chi connectivity index (χ0) is 13.6. The lowest BCUT2D eigenvalue weighted by atomic mass is 10.3. The fourth-order valence-electron chi connectivity index (χ4n) is 1.59. The van der Waals surface area contributed by atoms with Crippen LogP contribution in [-0.2, 0) is 10.0 Å². The van der Waals surface area contributed by atoms with E-state index in [1.54, 1.807) is 24.3 Å². The molecule has 0 fully saturated rings. The van der Waals surface area contributed by atoms with Crippen molar-refractivity contribution < 1.29 is 13.5 Å². The maximum absolute atomic E-state index is 12.2. The predicted octanol–water partition coefficient (Wildman–Crippen LogP) is 0.729. The molecule has 0 aliphatic heterocycles. The molecule has 0 aliphatic rings. The summed E-state index contributed by atoms with van der Waals surface area (Å²) in [5, 5.41) is 9.13. The molecule has 0 unspecified atom stereocenters. The lowest BCUT2D eigenvalue weighted by Gasteiger charge is -1.97. The molecule has 0 bridgehead atoms. The van der Waals surface area contributed by atoms with E-state index in [1.165, 1.54) is 0 Å². The van der Waals surface area contributed by atoms with E-state index in [0.29, 0.717) is 14.2 Å². The number of nitrogens with one attached hydrogen (secondary N) is 1. The van der Waals surface area contributed by atoms with Gasteiger partial charge in [0.15, 0.2) is 0 Å². The van der Waals surface area contributed by atoms with Crippen LogP contribution in [0.5, 0.6) is 5.88 Å². The average Bonchev–Trinajstić information content (AvgIpc) is 2.92. The average molecular weight is 297 g/mol. The molecule has 0 atom stereocenters. The third kappa shape index (κ3) is 1.83. The summed E-state index contributed by atoms with van der Waals surface area (Å²) < 4.78 is 25.4. The minimum absolute atomic E-state index is 0.199. The number of rotatable bonds is 2. The minimum atomic E-state index is -4.09. The number of H-pyrrole nitrogens is 1. The first-order chi connectivity index (χ1) is 8.98. The first kappa shape index (κ1) is 11.9. The summed E-state index contributed by atoms with van der Waals surface area (Å²) in [6.07, 6.45) is 0.809. The molecule has 2 heterocycles. The van der Waals surface area contributed by atoms with E-state index in [1.807, 2.05) is 4.98 Å². The van der Waals surface area contributed by atoms with Crippen LogP contribution >= 0.6 is 11.3 Å². The Morgan fingerprint density at radius 3 is 2.68 bits per heavy atom. The number of aromatic hydroxyl groups is 1. The number of benzene rings is 1. The molecule has 0 amide bonds. The molecule has 19 heavy (non-hydrogen) atoms. The van der Waals surface area contributed by atoms with Crippen molar-refractivity contribution in [1.82, 2.24) is 13.9 Å². The van der Waals surface area contributed by atoms with Crippen molar-refractivity contribution in [3.05, 3.63) is 40.9 Å². The molecule has 9 heteroatoms. The first-order valence-electron chi connectivity index (χ1n) is 5.10. The van der Waals surface area contributed by atoms with Crippen molar-refractivity contribution in [1.29, 1.82) is 0 Å². The van der Waals surface area contributed by atoms with E-state index in [-0.39, 0.29) is 4.34 Å². The molecule has 0 saturated carbocycles. The molecule has 2 N–H and O–H groups in total. The summed E-state index contributed by atoms with van der Waals surface area (Å²) in [6, 6.07) is 6.93. The van der Waals surface area contributed by atoms with E-state index < -0.39 is 21.6 Å². The van der Waals surface area contributed by atoms with Crippen LogP contribution in [0.25, 0.3) is 10.2 Å². The predicted molar refractivity (Wildman–Crippen MR) is 68.9 cm³/mol. The van der Waals surface area contributed by atoms with Crippen LogP contribution in [0.4, 0.5) is 0 Å². The number of hydrogen-bond donors (Lipinski definition) is 2. The van der Waals surface area contributed by atoms with Gasteiger partial charge in [-0.05, 0) is 12.1 Å². The third-order valence-corrected chi connectivity index (χ3v) is 5.46. The van der Waals surface area contributed by atoms with Crippen molar-refractivity contribution in [2.75, 3.05) is 0 Å². The van der Waals surface area contributed by atoms with Gasteiger partial charge >= 0.3 is 5.69 Å². The van der Waals surface area contributed by atoms with Gasteiger partial charge in [0.1, 0.15) is 0 Å².